The molecule has 0 saturated carbocycles. The number of benzene rings is 2. The molecule has 1 heterocycles. The van der Waals surface area contributed by atoms with Crippen molar-refractivity contribution in [3.8, 4) is 22.8 Å². The van der Waals surface area contributed by atoms with Crippen molar-refractivity contribution >= 4 is 11.6 Å². The monoisotopic (exact) mass is 407 g/mol. The molecule has 3 aromatic rings. The highest BCUT2D eigenvalue weighted by Gasteiger charge is 2.10. The van der Waals surface area contributed by atoms with Gasteiger partial charge in [-0.2, -0.15) is 5.10 Å². The molecular formula is C23H25N3O4. The maximum Gasteiger partial charge on any atom is 0.266 e. The predicted octanol–water partition coefficient (Wildman–Crippen LogP) is 3.65. The number of aromatic nitrogens is 2. The number of carbonyl (C=O) groups is 1. The molecule has 1 aromatic heterocycles. The number of rotatable bonds is 8. The summed E-state index contributed by atoms with van der Waals surface area (Å²) in [6.45, 7) is 2.37. The fourth-order valence-electron chi connectivity index (χ4n) is 2.99. The minimum Gasteiger partial charge on any atom is -0.497 e. The molecule has 0 aliphatic heterocycles. The Morgan fingerprint density at radius 2 is 1.80 bits per heavy atom. The molecule has 3 rings (SSSR count). The van der Waals surface area contributed by atoms with Gasteiger partial charge in [-0.25, -0.2) is 4.68 Å². The quantitative estimate of drug-likeness (QED) is 0.616. The first-order valence-electron chi connectivity index (χ1n) is 9.67. The normalized spacial score (nSPS) is 10.5. The summed E-state index contributed by atoms with van der Waals surface area (Å²) >= 11 is 0. The minimum absolute atomic E-state index is 0.166. The van der Waals surface area contributed by atoms with Crippen molar-refractivity contribution in [3.05, 3.63) is 70.5 Å². The number of anilines is 1. The number of aryl methyl sites for hydroxylation is 2. The lowest BCUT2D eigenvalue weighted by Gasteiger charge is -2.12. The lowest BCUT2D eigenvalue weighted by Crippen LogP contribution is -2.23. The number of nitrogens with zero attached hydrogens (tertiary/aromatic N) is 2. The standard InChI is InChI=1S/C23H25N3O4/c1-16-6-8-17(9-7-16)19-12-13-23(28)26(25-19)14-4-5-22(27)24-20-11-10-18(29-2)15-21(20)30-3/h6-13,15H,4-5,14H2,1-3H3,(H,24,27). The Morgan fingerprint density at radius 1 is 1.03 bits per heavy atom. The highest BCUT2D eigenvalue weighted by molar-refractivity contribution is 5.92. The molecule has 0 bridgehead atoms. The van der Waals surface area contributed by atoms with E-state index in [0.29, 0.717) is 30.2 Å². The zero-order chi connectivity index (χ0) is 21.5. The number of nitrogens with one attached hydrogen (secondary N) is 1. The zero-order valence-electron chi connectivity index (χ0n) is 17.3. The van der Waals surface area contributed by atoms with Crippen molar-refractivity contribution in [2.45, 2.75) is 26.3 Å². The van der Waals surface area contributed by atoms with Gasteiger partial charge in [-0.3, -0.25) is 9.59 Å². The Balaban J connectivity index is 1.61. The summed E-state index contributed by atoms with van der Waals surface area (Å²) in [6, 6.07) is 16.4. The van der Waals surface area contributed by atoms with E-state index in [1.165, 1.54) is 17.9 Å². The summed E-state index contributed by atoms with van der Waals surface area (Å²) in [5.41, 5.74) is 3.20. The van der Waals surface area contributed by atoms with Crippen LogP contribution in [0.15, 0.2) is 59.4 Å². The van der Waals surface area contributed by atoms with Crippen LogP contribution in [0.2, 0.25) is 0 Å². The van der Waals surface area contributed by atoms with Crippen molar-refractivity contribution in [2.24, 2.45) is 0 Å². The molecule has 7 heteroatoms. The molecule has 0 atom stereocenters. The van der Waals surface area contributed by atoms with E-state index in [0.717, 1.165) is 16.8 Å². The molecule has 30 heavy (non-hydrogen) atoms. The fourth-order valence-corrected chi connectivity index (χ4v) is 2.99. The first kappa shape index (κ1) is 21.1. The molecule has 2 aromatic carbocycles. The average molecular weight is 407 g/mol. The van der Waals surface area contributed by atoms with Gasteiger partial charge in [0, 0.05) is 30.7 Å². The van der Waals surface area contributed by atoms with E-state index in [4.69, 9.17) is 9.47 Å². The molecule has 0 radical (unpaired) electrons. The summed E-state index contributed by atoms with van der Waals surface area (Å²) in [6.07, 6.45) is 0.729. The van der Waals surface area contributed by atoms with Gasteiger partial charge in [0.05, 0.1) is 25.6 Å². The van der Waals surface area contributed by atoms with Crippen molar-refractivity contribution in [1.29, 1.82) is 0 Å². The van der Waals surface area contributed by atoms with E-state index in [9.17, 15) is 9.59 Å². The summed E-state index contributed by atoms with van der Waals surface area (Å²) in [5.74, 6) is 0.997. The van der Waals surface area contributed by atoms with E-state index < -0.39 is 0 Å². The summed E-state index contributed by atoms with van der Waals surface area (Å²) in [5, 5.41) is 7.27. The maximum absolute atomic E-state index is 12.3. The number of hydrogen-bond acceptors (Lipinski definition) is 5. The van der Waals surface area contributed by atoms with E-state index in [1.54, 1.807) is 31.4 Å². The third kappa shape index (κ3) is 5.26. The second-order valence-corrected chi connectivity index (χ2v) is 6.86. The van der Waals surface area contributed by atoms with Crippen molar-refractivity contribution in [1.82, 2.24) is 9.78 Å². The Bertz CT molecular complexity index is 1070. The highest BCUT2D eigenvalue weighted by Crippen LogP contribution is 2.29. The smallest absolute Gasteiger partial charge is 0.266 e. The van der Waals surface area contributed by atoms with Gasteiger partial charge >= 0.3 is 0 Å². The van der Waals surface area contributed by atoms with E-state index in [2.05, 4.69) is 10.4 Å². The van der Waals surface area contributed by atoms with Crippen LogP contribution in [0.4, 0.5) is 5.69 Å². The SMILES string of the molecule is COc1ccc(NC(=O)CCCn2nc(-c3ccc(C)cc3)ccc2=O)c(OC)c1. The van der Waals surface area contributed by atoms with Crippen molar-refractivity contribution in [2.75, 3.05) is 19.5 Å². The first-order chi connectivity index (χ1) is 14.5. The highest BCUT2D eigenvalue weighted by atomic mass is 16.5. The van der Waals surface area contributed by atoms with Crippen LogP contribution in [0.3, 0.4) is 0 Å². The molecule has 0 spiro atoms. The van der Waals surface area contributed by atoms with Gasteiger partial charge in [-0.05, 0) is 31.5 Å². The molecule has 0 aliphatic carbocycles. The van der Waals surface area contributed by atoms with Gasteiger partial charge in [0.25, 0.3) is 5.56 Å². The summed E-state index contributed by atoms with van der Waals surface area (Å²) < 4.78 is 11.8. The molecule has 0 saturated heterocycles. The van der Waals surface area contributed by atoms with Crippen LogP contribution >= 0.6 is 0 Å². The van der Waals surface area contributed by atoms with Crippen LogP contribution in [0, 0.1) is 6.92 Å². The second-order valence-electron chi connectivity index (χ2n) is 6.86. The Morgan fingerprint density at radius 3 is 2.50 bits per heavy atom. The number of carbonyl (C=O) groups excluding carboxylic acids is 1. The lowest BCUT2D eigenvalue weighted by atomic mass is 10.1. The van der Waals surface area contributed by atoms with Gasteiger partial charge < -0.3 is 14.8 Å². The van der Waals surface area contributed by atoms with Crippen LogP contribution < -0.4 is 20.3 Å². The number of ether oxygens (including phenoxy) is 2. The molecule has 1 amide bonds. The first-order valence-corrected chi connectivity index (χ1v) is 9.67. The van der Waals surface area contributed by atoms with E-state index in [-0.39, 0.29) is 17.9 Å². The number of methoxy groups -OCH3 is 2. The molecule has 0 aliphatic rings. The van der Waals surface area contributed by atoms with Crippen molar-refractivity contribution < 1.29 is 14.3 Å². The molecule has 1 N–H and O–H groups in total. The van der Waals surface area contributed by atoms with Crippen molar-refractivity contribution in [3.63, 3.8) is 0 Å². The molecule has 0 unspecified atom stereocenters. The van der Waals surface area contributed by atoms with Crippen LogP contribution in [0.5, 0.6) is 11.5 Å². The summed E-state index contributed by atoms with van der Waals surface area (Å²) in [7, 11) is 3.10. The minimum atomic E-state index is -0.192. The van der Waals surface area contributed by atoms with Crippen LogP contribution in [-0.2, 0) is 11.3 Å². The zero-order valence-corrected chi connectivity index (χ0v) is 17.3. The second kappa shape index (κ2) is 9.73. The van der Waals surface area contributed by atoms with Crippen LogP contribution in [-0.4, -0.2) is 29.9 Å². The van der Waals surface area contributed by atoms with E-state index >= 15 is 0 Å². The van der Waals surface area contributed by atoms with Gasteiger partial charge in [0.15, 0.2) is 0 Å². The Kier molecular flexibility index (Phi) is 6.85. The fraction of sp³-hybridized carbons (Fsp3) is 0.261. The van der Waals surface area contributed by atoms with Gasteiger partial charge in [0.2, 0.25) is 5.91 Å². The predicted molar refractivity (Wildman–Crippen MR) is 116 cm³/mol. The Labute approximate surface area is 175 Å². The topological polar surface area (TPSA) is 82.5 Å². The largest absolute Gasteiger partial charge is 0.497 e. The van der Waals surface area contributed by atoms with Gasteiger partial charge in [-0.15, -0.1) is 0 Å². The third-order valence-electron chi connectivity index (χ3n) is 4.67. The maximum atomic E-state index is 12.3. The van der Waals surface area contributed by atoms with Crippen LogP contribution in [0.1, 0.15) is 18.4 Å². The summed E-state index contributed by atoms with van der Waals surface area (Å²) in [4.78, 5) is 24.5. The third-order valence-corrected chi connectivity index (χ3v) is 4.67. The van der Waals surface area contributed by atoms with Crippen LogP contribution in [0.25, 0.3) is 11.3 Å². The van der Waals surface area contributed by atoms with Gasteiger partial charge in [-0.1, -0.05) is 29.8 Å². The molecule has 156 valence electrons. The average Bonchev–Trinajstić information content (AvgIpc) is 2.76. The number of amides is 1. The van der Waals surface area contributed by atoms with Gasteiger partial charge in [0.1, 0.15) is 11.5 Å². The van der Waals surface area contributed by atoms with E-state index in [1.807, 2.05) is 31.2 Å². The molecule has 7 nitrogen and oxygen atoms in total. The lowest BCUT2D eigenvalue weighted by molar-refractivity contribution is -0.116. The molecule has 0 fully saturated rings. The number of hydrogen-bond donors (Lipinski definition) is 1. The molecular weight excluding hydrogens is 382 g/mol. The Hall–Kier alpha value is -3.61.